The fraction of sp³-hybridized carbons (Fsp3) is 0.0909. The zero-order valence-corrected chi connectivity index (χ0v) is 16.5. The molecule has 0 aliphatic carbocycles. The van der Waals surface area contributed by atoms with Crippen molar-refractivity contribution in [2.45, 2.75) is 0 Å². The number of carbonyl (C=O) groups is 1. The first kappa shape index (κ1) is 21.3. The molecule has 1 amide bonds. The topological polar surface area (TPSA) is 123 Å². The Labute approximate surface area is 177 Å². The number of nitrogens with zero attached hydrogens (tertiary/aromatic N) is 2. The van der Waals surface area contributed by atoms with E-state index >= 15 is 0 Å². The maximum Gasteiger partial charge on any atom is 0.315 e. The molecule has 0 heterocycles. The fourth-order valence-corrected chi connectivity index (χ4v) is 2.72. The Morgan fingerprint density at radius 1 is 1.13 bits per heavy atom. The molecule has 0 radical (unpaired) electrons. The molecule has 3 aromatic rings. The Balaban J connectivity index is 1.55. The molecule has 0 saturated carbocycles. The van der Waals surface area contributed by atoms with Gasteiger partial charge in [0.15, 0.2) is 12.4 Å². The maximum absolute atomic E-state index is 11.9. The number of hydrogen-bond donors (Lipinski definition) is 2. The van der Waals surface area contributed by atoms with Crippen molar-refractivity contribution in [2.75, 3.05) is 13.7 Å². The number of hydrazone groups is 1. The number of nitro benzene ring substituents is 1. The highest BCUT2D eigenvalue weighted by Crippen LogP contribution is 2.36. The van der Waals surface area contributed by atoms with Gasteiger partial charge < -0.3 is 14.6 Å². The summed E-state index contributed by atoms with van der Waals surface area (Å²) in [7, 11) is 1.27. The molecule has 158 valence electrons. The molecule has 31 heavy (non-hydrogen) atoms. The third kappa shape index (κ3) is 5.57. The van der Waals surface area contributed by atoms with Crippen LogP contribution in [0.25, 0.3) is 11.1 Å². The summed E-state index contributed by atoms with van der Waals surface area (Å²) in [4.78, 5) is 22.2. The lowest BCUT2D eigenvalue weighted by Crippen LogP contribution is -2.24. The normalized spacial score (nSPS) is 10.6. The van der Waals surface area contributed by atoms with Crippen LogP contribution < -0.4 is 14.9 Å². The van der Waals surface area contributed by atoms with E-state index in [1.54, 1.807) is 12.1 Å². The molecule has 0 spiro atoms. The van der Waals surface area contributed by atoms with E-state index in [0.29, 0.717) is 5.75 Å². The molecule has 0 aromatic heterocycles. The Bertz CT molecular complexity index is 1100. The summed E-state index contributed by atoms with van der Waals surface area (Å²) >= 11 is 0. The number of amides is 1. The van der Waals surface area contributed by atoms with E-state index in [1.165, 1.54) is 19.4 Å². The van der Waals surface area contributed by atoms with Gasteiger partial charge in [0, 0.05) is 11.6 Å². The van der Waals surface area contributed by atoms with Gasteiger partial charge in [-0.15, -0.1) is 0 Å². The van der Waals surface area contributed by atoms with Crippen molar-refractivity contribution in [2.24, 2.45) is 5.10 Å². The molecule has 3 rings (SSSR count). The first-order valence-electron chi connectivity index (χ1n) is 9.13. The summed E-state index contributed by atoms with van der Waals surface area (Å²) in [6.07, 6.45) is 1.20. The summed E-state index contributed by atoms with van der Waals surface area (Å²) in [6, 6.07) is 19.6. The minimum Gasteiger partial charge on any atom is -0.500 e. The van der Waals surface area contributed by atoms with Crippen molar-refractivity contribution < 1.29 is 24.3 Å². The van der Waals surface area contributed by atoms with Gasteiger partial charge in [-0.25, -0.2) is 5.43 Å². The van der Waals surface area contributed by atoms with Gasteiger partial charge in [-0.1, -0.05) is 42.5 Å². The molecule has 0 unspecified atom stereocenters. The van der Waals surface area contributed by atoms with Crippen LogP contribution in [-0.2, 0) is 4.79 Å². The number of phenols is 1. The Morgan fingerprint density at radius 3 is 2.45 bits per heavy atom. The van der Waals surface area contributed by atoms with E-state index in [0.717, 1.165) is 17.2 Å². The number of aromatic hydroxyl groups is 1. The first-order chi connectivity index (χ1) is 15.0. The smallest absolute Gasteiger partial charge is 0.315 e. The monoisotopic (exact) mass is 421 g/mol. The lowest BCUT2D eigenvalue weighted by molar-refractivity contribution is -0.386. The minimum atomic E-state index is -0.745. The van der Waals surface area contributed by atoms with E-state index < -0.39 is 22.3 Å². The summed E-state index contributed by atoms with van der Waals surface area (Å²) in [6.45, 7) is -0.263. The molecule has 9 heteroatoms. The summed E-state index contributed by atoms with van der Waals surface area (Å²) in [5, 5.41) is 24.5. The van der Waals surface area contributed by atoms with Gasteiger partial charge in [0.05, 0.1) is 18.2 Å². The molecule has 0 saturated heterocycles. The second-order valence-electron chi connectivity index (χ2n) is 6.32. The largest absolute Gasteiger partial charge is 0.500 e. The van der Waals surface area contributed by atoms with Crippen molar-refractivity contribution in [1.29, 1.82) is 0 Å². The number of nitrogens with one attached hydrogen (secondary N) is 1. The SMILES string of the molecule is COc1cc(C=NNC(=O)COc2ccc(-c3ccccc3)cc2)cc([N+](=O)[O-])c1O. The number of benzene rings is 3. The maximum atomic E-state index is 11.9. The van der Waals surface area contributed by atoms with Crippen molar-refractivity contribution in [1.82, 2.24) is 5.43 Å². The molecule has 0 aliphatic heterocycles. The van der Waals surface area contributed by atoms with E-state index in [9.17, 15) is 20.0 Å². The average molecular weight is 421 g/mol. The Kier molecular flexibility index (Phi) is 6.79. The van der Waals surface area contributed by atoms with Gasteiger partial charge in [-0.3, -0.25) is 14.9 Å². The van der Waals surface area contributed by atoms with Gasteiger partial charge in [-0.05, 0) is 29.3 Å². The quantitative estimate of drug-likeness (QED) is 0.326. The highest BCUT2D eigenvalue weighted by atomic mass is 16.6. The third-order valence-corrected chi connectivity index (χ3v) is 4.23. The fourth-order valence-electron chi connectivity index (χ4n) is 2.72. The number of hydrogen-bond acceptors (Lipinski definition) is 7. The number of ether oxygens (including phenoxy) is 2. The molecule has 9 nitrogen and oxygen atoms in total. The van der Waals surface area contributed by atoms with Crippen LogP contribution in [0.15, 0.2) is 71.8 Å². The molecule has 3 aromatic carbocycles. The van der Waals surface area contributed by atoms with E-state index in [2.05, 4.69) is 10.5 Å². The van der Waals surface area contributed by atoms with Crippen LogP contribution in [0.1, 0.15) is 5.56 Å². The highest BCUT2D eigenvalue weighted by Gasteiger charge is 2.19. The van der Waals surface area contributed by atoms with Crippen LogP contribution in [0.5, 0.6) is 17.2 Å². The van der Waals surface area contributed by atoms with Crippen LogP contribution in [0.4, 0.5) is 5.69 Å². The Hall–Kier alpha value is -4.40. The van der Waals surface area contributed by atoms with Crippen LogP contribution in [0, 0.1) is 10.1 Å². The van der Waals surface area contributed by atoms with Crippen molar-refractivity contribution in [3.05, 3.63) is 82.4 Å². The summed E-state index contributed by atoms with van der Waals surface area (Å²) in [5.41, 5.74) is 4.11. The molecule has 2 N–H and O–H groups in total. The lowest BCUT2D eigenvalue weighted by atomic mass is 10.1. The number of rotatable bonds is 8. The van der Waals surface area contributed by atoms with Crippen molar-refractivity contribution >= 4 is 17.8 Å². The van der Waals surface area contributed by atoms with Gasteiger partial charge >= 0.3 is 5.69 Å². The van der Waals surface area contributed by atoms with E-state index in [4.69, 9.17) is 9.47 Å². The van der Waals surface area contributed by atoms with Crippen LogP contribution >= 0.6 is 0 Å². The number of phenolic OH excluding ortho intramolecular Hbond substituents is 1. The summed E-state index contributed by atoms with van der Waals surface area (Å²) in [5.74, 6) is -0.647. The highest BCUT2D eigenvalue weighted by molar-refractivity contribution is 5.85. The molecular weight excluding hydrogens is 402 g/mol. The molecule has 0 bridgehead atoms. The van der Waals surface area contributed by atoms with Crippen LogP contribution in [0.2, 0.25) is 0 Å². The van der Waals surface area contributed by atoms with Crippen LogP contribution in [0.3, 0.4) is 0 Å². The lowest BCUT2D eigenvalue weighted by Gasteiger charge is -2.07. The zero-order valence-electron chi connectivity index (χ0n) is 16.5. The molecular formula is C22H19N3O6. The average Bonchev–Trinajstić information content (AvgIpc) is 2.79. The predicted octanol–water partition coefficient (Wildman–Crippen LogP) is 3.51. The van der Waals surface area contributed by atoms with Gasteiger partial charge in [0.2, 0.25) is 5.75 Å². The van der Waals surface area contributed by atoms with E-state index in [1.807, 2.05) is 42.5 Å². The summed E-state index contributed by atoms with van der Waals surface area (Å²) < 4.78 is 10.3. The number of carbonyl (C=O) groups excluding carboxylic acids is 1. The second-order valence-corrected chi connectivity index (χ2v) is 6.32. The second kappa shape index (κ2) is 9.88. The standard InChI is InChI=1S/C22H19N3O6/c1-30-20-12-15(11-19(22(20)27)25(28)29)13-23-24-21(26)14-31-18-9-7-17(8-10-18)16-5-3-2-4-6-16/h2-13,27H,14H2,1H3,(H,24,26). The first-order valence-corrected chi connectivity index (χ1v) is 9.13. The van der Waals surface area contributed by atoms with Crippen LogP contribution in [-0.4, -0.2) is 35.9 Å². The zero-order chi connectivity index (χ0) is 22.2. The molecule has 0 fully saturated rings. The third-order valence-electron chi connectivity index (χ3n) is 4.23. The minimum absolute atomic E-state index is 0.0794. The Morgan fingerprint density at radius 2 is 1.81 bits per heavy atom. The van der Waals surface area contributed by atoms with Gasteiger partial charge in [-0.2, -0.15) is 5.10 Å². The number of nitro groups is 1. The number of methoxy groups -OCH3 is 1. The molecule has 0 atom stereocenters. The predicted molar refractivity (Wildman–Crippen MR) is 114 cm³/mol. The molecule has 0 aliphatic rings. The van der Waals surface area contributed by atoms with Crippen molar-refractivity contribution in [3.63, 3.8) is 0 Å². The van der Waals surface area contributed by atoms with Gasteiger partial charge in [0.25, 0.3) is 5.91 Å². The van der Waals surface area contributed by atoms with E-state index in [-0.39, 0.29) is 17.9 Å². The van der Waals surface area contributed by atoms with Gasteiger partial charge in [0.1, 0.15) is 5.75 Å². The van der Waals surface area contributed by atoms with Crippen molar-refractivity contribution in [3.8, 4) is 28.4 Å².